The number of hydrogen-bond acceptors (Lipinski definition) is 2. The van der Waals surface area contributed by atoms with Crippen molar-refractivity contribution >= 4 is 6.03 Å². The molecule has 3 atom stereocenters. The third-order valence-corrected chi connectivity index (χ3v) is 3.55. The fourth-order valence-electron chi connectivity index (χ4n) is 1.82. The van der Waals surface area contributed by atoms with Crippen molar-refractivity contribution in [3.63, 3.8) is 0 Å². The topological polar surface area (TPSA) is 61.4 Å². The van der Waals surface area contributed by atoms with E-state index in [0.29, 0.717) is 5.92 Å². The molecule has 0 saturated carbocycles. The van der Waals surface area contributed by atoms with Gasteiger partial charge in [0, 0.05) is 6.04 Å². The Hall–Kier alpha value is -1.55. The summed E-state index contributed by atoms with van der Waals surface area (Å²) in [6.45, 7) is 6.08. The molecule has 3 unspecified atom stereocenters. The molecule has 0 aromatic heterocycles. The number of benzene rings is 1. The van der Waals surface area contributed by atoms with Gasteiger partial charge < -0.3 is 15.7 Å². The summed E-state index contributed by atoms with van der Waals surface area (Å²) >= 11 is 0. The molecule has 0 aliphatic carbocycles. The number of aliphatic hydroxyl groups is 1. The molecule has 19 heavy (non-hydrogen) atoms. The van der Waals surface area contributed by atoms with E-state index in [4.69, 9.17) is 0 Å². The van der Waals surface area contributed by atoms with E-state index in [9.17, 15) is 9.90 Å². The summed E-state index contributed by atoms with van der Waals surface area (Å²) in [6, 6.07) is 8.96. The minimum absolute atomic E-state index is 0.111. The number of carbonyl (C=O) groups is 1. The first kappa shape index (κ1) is 15.5. The summed E-state index contributed by atoms with van der Waals surface area (Å²) in [5.74, 6) is 0.426. The molecule has 2 amide bonds. The summed E-state index contributed by atoms with van der Waals surface area (Å²) in [4.78, 5) is 11.9. The Morgan fingerprint density at radius 3 is 2.37 bits per heavy atom. The van der Waals surface area contributed by atoms with Crippen LogP contribution in [-0.2, 0) is 0 Å². The molecule has 4 nitrogen and oxygen atoms in total. The van der Waals surface area contributed by atoms with Gasteiger partial charge in [-0.15, -0.1) is 0 Å². The highest BCUT2D eigenvalue weighted by Gasteiger charge is 2.16. The molecular formula is C15H24N2O2. The van der Waals surface area contributed by atoms with Crippen molar-refractivity contribution in [1.29, 1.82) is 0 Å². The fourth-order valence-corrected chi connectivity index (χ4v) is 1.82. The normalized spacial score (nSPS) is 15.4. The highest BCUT2D eigenvalue weighted by molar-refractivity contribution is 5.74. The Bertz CT molecular complexity index is 381. The van der Waals surface area contributed by atoms with Crippen LogP contribution < -0.4 is 10.6 Å². The van der Waals surface area contributed by atoms with Crippen molar-refractivity contribution in [2.24, 2.45) is 5.92 Å². The maximum Gasteiger partial charge on any atom is 0.315 e. The lowest BCUT2D eigenvalue weighted by Gasteiger charge is -2.23. The Kier molecular flexibility index (Phi) is 6.36. The Morgan fingerprint density at radius 1 is 1.21 bits per heavy atom. The van der Waals surface area contributed by atoms with Crippen LogP contribution in [0.25, 0.3) is 0 Å². The van der Waals surface area contributed by atoms with Gasteiger partial charge in [-0.25, -0.2) is 4.79 Å². The van der Waals surface area contributed by atoms with Crippen molar-refractivity contribution in [1.82, 2.24) is 10.6 Å². The molecule has 0 saturated heterocycles. The van der Waals surface area contributed by atoms with Gasteiger partial charge in [0.25, 0.3) is 0 Å². The van der Waals surface area contributed by atoms with Crippen molar-refractivity contribution in [2.75, 3.05) is 6.61 Å². The Labute approximate surface area is 115 Å². The molecule has 1 aromatic rings. The lowest BCUT2D eigenvalue weighted by molar-refractivity contribution is 0.211. The van der Waals surface area contributed by atoms with Gasteiger partial charge in [-0.2, -0.15) is 0 Å². The summed E-state index contributed by atoms with van der Waals surface area (Å²) in [5.41, 5.74) is 0.899. The summed E-state index contributed by atoms with van der Waals surface area (Å²) in [7, 11) is 0. The number of urea groups is 1. The van der Waals surface area contributed by atoms with Crippen LogP contribution in [0.3, 0.4) is 0 Å². The molecule has 1 rings (SSSR count). The molecule has 0 spiro atoms. The average molecular weight is 264 g/mol. The number of rotatable bonds is 6. The van der Waals surface area contributed by atoms with E-state index in [2.05, 4.69) is 24.5 Å². The molecule has 0 aliphatic heterocycles. The van der Waals surface area contributed by atoms with Crippen LogP contribution in [0.1, 0.15) is 38.8 Å². The van der Waals surface area contributed by atoms with Gasteiger partial charge >= 0.3 is 6.03 Å². The van der Waals surface area contributed by atoms with E-state index in [1.807, 2.05) is 37.3 Å². The van der Waals surface area contributed by atoms with Crippen LogP contribution in [-0.4, -0.2) is 23.8 Å². The van der Waals surface area contributed by atoms with Crippen LogP contribution in [0.4, 0.5) is 4.79 Å². The Morgan fingerprint density at radius 2 is 1.84 bits per heavy atom. The predicted octanol–water partition coefficient (Wildman–Crippen LogP) is 2.45. The SMILES string of the molecule is CCC(C)C(C)NC(=O)NC(CO)c1ccccc1. The smallest absolute Gasteiger partial charge is 0.315 e. The molecule has 1 aromatic carbocycles. The molecule has 0 fully saturated rings. The molecule has 0 heterocycles. The maximum atomic E-state index is 11.9. The molecule has 3 N–H and O–H groups in total. The van der Waals surface area contributed by atoms with Crippen LogP contribution in [0, 0.1) is 5.92 Å². The monoisotopic (exact) mass is 264 g/mol. The number of hydrogen-bond donors (Lipinski definition) is 3. The first-order valence-electron chi connectivity index (χ1n) is 6.81. The quantitative estimate of drug-likeness (QED) is 0.739. The van der Waals surface area contributed by atoms with E-state index in [-0.39, 0.29) is 24.7 Å². The molecule has 0 radical (unpaired) electrons. The molecule has 0 aliphatic rings. The summed E-state index contributed by atoms with van der Waals surface area (Å²) < 4.78 is 0. The van der Waals surface area contributed by atoms with Gasteiger partial charge in [0.05, 0.1) is 12.6 Å². The maximum absolute atomic E-state index is 11.9. The largest absolute Gasteiger partial charge is 0.394 e. The third-order valence-electron chi connectivity index (χ3n) is 3.55. The van der Waals surface area contributed by atoms with Gasteiger partial charge in [-0.3, -0.25) is 0 Å². The summed E-state index contributed by atoms with van der Waals surface area (Å²) in [6.07, 6.45) is 1.02. The molecule has 4 heteroatoms. The number of nitrogens with one attached hydrogen (secondary N) is 2. The summed E-state index contributed by atoms with van der Waals surface area (Å²) in [5, 5.41) is 15.1. The van der Waals surface area contributed by atoms with Crippen molar-refractivity contribution in [3.8, 4) is 0 Å². The van der Waals surface area contributed by atoms with E-state index < -0.39 is 0 Å². The van der Waals surface area contributed by atoms with Crippen LogP contribution in [0.5, 0.6) is 0 Å². The first-order chi connectivity index (χ1) is 9.08. The van der Waals surface area contributed by atoms with Crippen molar-refractivity contribution < 1.29 is 9.90 Å². The Balaban J connectivity index is 2.55. The minimum Gasteiger partial charge on any atom is -0.394 e. The number of amides is 2. The van der Waals surface area contributed by atoms with Crippen LogP contribution in [0.15, 0.2) is 30.3 Å². The lowest BCUT2D eigenvalue weighted by atomic mass is 10.0. The predicted molar refractivity (Wildman–Crippen MR) is 76.9 cm³/mol. The highest BCUT2D eigenvalue weighted by atomic mass is 16.3. The molecular weight excluding hydrogens is 240 g/mol. The van der Waals surface area contributed by atoms with Crippen molar-refractivity contribution in [3.05, 3.63) is 35.9 Å². The van der Waals surface area contributed by atoms with Gasteiger partial charge in [0.1, 0.15) is 0 Å². The fraction of sp³-hybridized carbons (Fsp3) is 0.533. The van der Waals surface area contributed by atoms with E-state index in [0.717, 1.165) is 12.0 Å². The second kappa shape index (κ2) is 7.79. The zero-order chi connectivity index (χ0) is 14.3. The van der Waals surface area contributed by atoms with E-state index in [1.54, 1.807) is 0 Å². The number of carbonyl (C=O) groups excluding carboxylic acids is 1. The highest BCUT2D eigenvalue weighted by Crippen LogP contribution is 2.12. The van der Waals surface area contributed by atoms with E-state index >= 15 is 0 Å². The number of aliphatic hydroxyl groups excluding tert-OH is 1. The first-order valence-corrected chi connectivity index (χ1v) is 6.81. The lowest BCUT2D eigenvalue weighted by Crippen LogP contribution is -2.45. The van der Waals surface area contributed by atoms with Crippen LogP contribution >= 0.6 is 0 Å². The van der Waals surface area contributed by atoms with Gasteiger partial charge in [0.2, 0.25) is 0 Å². The van der Waals surface area contributed by atoms with Gasteiger partial charge in [-0.05, 0) is 18.4 Å². The van der Waals surface area contributed by atoms with Crippen molar-refractivity contribution in [2.45, 2.75) is 39.3 Å². The third kappa shape index (κ3) is 4.91. The standard InChI is InChI=1S/C15H24N2O2/c1-4-11(2)12(3)16-15(19)17-14(10-18)13-8-6-5-7-9-13/h5-9,11-12,14,18H,4,10H2,1-3H3,(H2,16,17,19). The zero-order valence-electron chi connectivity index (χ0n) is 11.9. The van der Waals surface area contributed by atoms with Crippen LogP contribution in [0.2, 0.25) is 0 Å². The minimum atomic E-state index is -0.370. The zero-order valence-corrected chi connectivity index (χ0v) is 11.9. The average Bonchev–Trinajstić information content (AvgIpc) is 2.44. The second-order valence-corrected chi connectivity index (χ2v) is 4.94. The second-order valence-electron chi connectivity index (χ2n) is 4.94. The van der Waals surface area contributed by atoms with Gasteiger partial charge in [0.15, 0.2) is 0 Å². The van der Waals surface area contributed by atoms with Gasteiger partial charge in [-0.1, -0.05) is 50.6 Å². The van der Waals surface area contributed by atoms with E-state index in [1.165, 1.54) is 0 Å². The molecule has 0 bridgehead atoms. The molecule has 106 valence electrons.